The summed E-state index contributed by atoms with van der Waals surface area (Å²) < 4.78 is 51.6. The highest BCUT2D eigenvalue weighted by Gasteiger charge is 2.31. The van der Waals surface area contributed by atoms with Crippen LogP contribution in [-0.4, -0.2) is 54.6 Å². The summed E-state index contributed by atoms with van der Waals surface area (Å²) in [5, 5.41) is 32.2. The molecule has 0 spiro atoms. The SMILES string of the molecule is OCc1cc([C@@H](O)CNCCCCCCOCCOCc2cccc(OC(F)(F)F)c2)ccc1O. The molecular formula is C25H34F3NO6. The number of hydrogen-bond donors (Lipinski definition) is 4. The van der Waals surface area contributed by atoms with Crippen LogP contribution < -0.4 is 10.1 Å². The zero-order valence-corrected chi connectivity index (χ0v) is 19.6. The van der Waals surface area contributed by atoms with Crippen LogP contribution in [-0.2, 0) is 22.7 Å². The van der Waals surface area contributed by atoms with E-state index in [9.17, 15) is 28.5 Å². The standard InChI is InChI=1S/C25H34F3NO6/c26-25(27,28)35-22-7-5-6-19(14-22)18-34-13-12-33-11-4-2-1-3-10-29-16-24(32)20-8-9-23(31)21(15-20)17-30/h5-9,14-15,24,29-32H,1-4,10-13,16-18H2/t24-/m0/s1. The smallest absolute Gasteiger partial charge is 0.508 e. The molecule has 0 heterocycles. The number of alkyl halides is 3. The van der Waals surface area contributed by atoms with Gasteiger partial charge in [-0.3, -0.25) is 0 Å². The minimum absolute atomic E-state index is 0.0112. The van der Waals surface area contributed by atoms with Gasteiger partial charge in [0.05, 0.1) is 32.5 Å². The highest BCUT2D eigenvalue weighted by atomic mass is 19.4. The van der Waals surface area contributed by atoms with Crippen molar-refractivity contribution in [2.24, 2.45) is 0 Å². The Morgan fingerprint density at radius 1 is 0.914 bits per heavy atom. The summed E-state index contributed by atoms with van der Waals surface area (Å²) in [5.74, 6) is -0.257. The van der Waals surface area contributed by atoms with E-state index >= 15 is 0 Å². The molecular weight excluding hydrogens is 467 g/mol. The zero-order valence-electron chi connectivity index (χ0n) is 19.6. The van der Waals surface area contributed by atoms with Gasteiger partial charge in [0.1, 0.15) is 11.5 Å². The molecule has 2 rings (SSSR count). The van der Waals surface area contributed by atoms with E-state index in [1.54, 1.807) is 18.2 Å². The summed E-state index contributed by atoms with van der Waals surface area (Å²) in [5.41, 5.74) is 1.62. The van der Waals surface area contributed by atoms with Gasteiger partial charge in [0.25, 0.3) is 0 Å². The van der Waals surface area contributed by atoms with E-state index in [0.29, 0.717) is 43.1 Å². The fourth-order valence-electron chi connectivity index (χ4n) is 3.35. The molecule has 0 aromatic heterocycles. The van der Waals surface area contributed by atoms with Crippen molar-refractivity contribution in [3.63, 3.8) is 0 Å². The molecule has 0 saturated heterocycles. The van der Waals surface area contributed by atoms with Crippen molar-refractivity contribution in [3.8, 4) is 11.5 Å². The van der Waals surface area contributed by atoms with E-state index in [1.165, 1.54) is 24.3 Å². The molecule has 2 aromatic carbocycles. The van der Waals surface area contributed by atoms with Crippen LogP contribution in [0.4, 0.5) is 13.2 Å². The van der Waals surface area contributed by atoms with Crippen LogP contribution in [0.25, 0.3) is 0 Å². The first-order chi connectivity index (χ1) is 16.8. The molecule has 0 unspecified atom stereocenters. The van der Waals surface area contributed by atoms with Crippen molar-refractivity contribution < 1.29 is 42.7 Å². The Morgan fingerprint density at radius 2 is 1.69 bits per heavy atom. The lowest BCUT2D eigenvalue weighted by atomic mass is 10.1. The first kappa shape index (κ1) is 28.9. The maximum absolute atomic E-state index is 12.3. The predicted octanol–water partition coefficient (Wildman–Crippen LogP) is 4.20. The summed E-state index contributed by atoms with van der Waals surface area (Å²) in [6, 6.07) is 10.4. The van der Waals surface area contributed by atoms with E-state index in [2.05, 4.69) is 10.1 Å². The van der Waals surface area contributed by atoms with Gasteiger partial charge in [-0.05, 0) is 54.8 Å². The van der Waals surface area contributed by atoms with Gasteiger partial charge in [-0.1, -0.05) is 31.0 Å². The molecule has 0 radical (unpaired) electrons. The Labute approximate surface area is 203 Å². The van der Waals surface area contributed by atoms with Gasteiger partial charge in [0.2, 0.25) is 0 Å². The summed E-state index contributed by atoms with van der Waals surface area (Å²) in [4.78, 5) is 0. The Bertz CT molecular complexity index is 865. The molecule has 7 nitrogen and oxygen atoms in total. The topological polar surface area (TPSA) is 100 Å². The lowest BCUT2D eigenvalue weighted by Gasteiger charge is -2.14. The Morgan fingerprint density at radius 3 is 2.46 bits per heavy atom. The second-order valence-corrected chi connectivity index (χ2v) is 8.04. The number of hydrogen-bond acceptors (Lipinski definition) is 7. The van der Waals surface area contributed by atoms with E-state index in [4.69, 9.17) is 9.47 Å². The third-order valence-electron chi connectivity index (χ3n) is 5.16. The molecule has 4 N–H and O–H groups in total. The Kier molecular flexibility index (Phi) is 12.9. The van der Waals surface area contributed by atoms with Crippen molar-refractivity contribution in [3.05, 3.63) is 59.2 Å². The number of benzene rings is 2. The quantitative estimate of drug-likeness (QED) is 0.241. The molecule has 0 aliphatic carbocycles. The van der Waals surface area contributed by atoms with Crippen molar-refractivity contribution in [2.45, 2.75) is 51.4 Å². The number of nitrogens with one attached hydrogen (secondary N) is 1. The van der Waals surface area contributed by atoms with Crippen LogP contribution in [0.1, 0.15) is 48.5 Å². The summed E-state index contributed by atoms with van der Waals surface area (Å²) in [6.45, 7) is 2.41. The number of aliphatic hydroxyl groups excluding tert-OH is 2. The van der Waals surface area contributed by atoms with Crippen LogP contribution in [0.5, 0.6) is 11.5 Å². The molecule has 0 aliphatic rings. The molecule has 0 amide bonds. The minimum Gasteiger partial charge on any atom is -0.508 e. The second-order valence-electron chi connectivity index (χ2n) is 8.04. The summed E-state index contributed by atoms with van der Waals surface area (Å²) >= 11 is 0. The van der Waals surface area contributed by atoms with Gasteiger partial charge in [-0.2, -0.15) is 0 Å². The fourth-order valence-corrected chi connectivity index (χ4v) is 3.35. The predicted molar refractivity (Wildman–Crippen MR) is 124 cm³/mol. The van der Waals surface area contributed by atoms with E-state index < -0.39 is 12.5 Å². The maximum Gasteiger partial charge on any atom is 0.573 e. The van der Waals surface area contributed by atoms with Crippen LogP contribution in [0, 0.1) is 0 Å². The third kappa shape index (κ3) is 12.2. The molecule has 35 heavy (non-hydrogen) atoms. The lowest BCUT2D eigenvalue weighted by Crippen LogP contribution is -2.22. The monoisotopic (exact) mass is 501 g/mol. The van der Waals surface area contributed by atoms with Crippen molar-refractivity contribution in [1.29, 1.82) is 0 Å². The maximum atomic E-state index is 12.3. The summed E-state index contributed by atoms with van der Waals surface area (Å²) in [6.07, 6.45) is -1.52. The second kappa shape index (κ2) is 15.6. The zero-order chi connectivity index (χ0) is 25.5. The van der Waals surface area contributed by atoms with E-state index in [1.807, 2.05) is 0 Å². The highest BCUT2D eigenvalue weighted by Crippen LogP contribution is 2.24. The number of aliphatic hydroxyl groups is 2. The molecule has 2 aromatic rings. The van der Waals surface area contributed by atoms with Gasteiger partial charge < -0.3 is 34.8 Å². The van der Waals surface area contributed by atoms with Crippen LogP contribution in [0.2, 0.25) is 0 Å². The molecule has 0 saturated carbocycles. The highest BCUT2D eigenvalue weighted by molar-refractivity contribution is 5.36. The first-order valence-corrected chi connectivity index (χ1v) is 11.6. The van der Waals surface area contributed by atoms with E-state index in [0.717, 1.165) is 32.2 Å². The minimum atomic E-state index is -4.72. The number of rotatable bonds is 17. The molecule has 196 valence electrons. The molecule has 10 heteroatoms. The van der Waals surface area contributed by atoms with Crippen molar-refractivity contribution >= 4 is 0 Å². The third-order valence-corrected chi connectivity index (χ3v) is 5.16. The lowest BCUT2D eigenvalue weighted by molar-refractivity contribution is -0.274. The molecule has 0 bridgehead atoms. The first-order valence-electron chi connectivity index (χ1n) is 11.6. The number of phenols is 1. The van der Waals surface area contributed by atoms with Gasteiger partial charge in [-0.25, -0.2) is 0 Å². The van der Waals surface area contributed by atoms with Crippen molar-refractivity contribution in [1.82, 2.24) is 5.32 Å². The Balaban J connectivity index is 1.42. The largest absolute Gasteiger partial charge is 0.573 e. The van der Waals surface area contributed by atoms with Gasteiger partial charge in [0.15, 0.2) is 0 Å². The van der Waals surface area contributed by atoms with Gasteiger partial charge in [-0.15, -0.1) is 13.2 Å². The Hall–Kier alpha value is -2.37. The number of aromatic hydroxyl groups is 1. The van der Waals surface area contributed by atoms with E-state index in [-0.39, 0.29) is 24.7 Å². The fraction of sp³-hybridized carbons (Fsp3) is 0.520. The average Bonchev–Trinajstić information content (AvgIpc) is 2.81. The normalized spacial score (nSPS) is 12.6. The number of ether oxygens (including phenoxy) is 3. The van der Waals surface area contributed by atoms with Crippen LogP contribution in [0.15, 0.2) is 42.5 Å². The summed E-state index contributed by atoms with van der Waals surface area (Å²) in [7, 11) is 0. The van der Waals surface area contributed by atoms with Crippen LogP contribution >= 0.6 is 0 Å². The molecule has 0 fully saturated rings. The molecule has 1 atom stereocenters. The van der Waals surface area contributed by atoms with Gasteiger partial charge in [0, 0.05) is 18.7 Å². The van der Waals surface area contributed by atoms with Crippen molar-refractivity contribution in [2.75, 3.05) is 32.9 Å². The average molecular weight is 502 g/mol. The van der Waals surface area contributed by atoms with Crippen LogP contribution in [0.3, 0.4) is 0 Å². The van der Waals surface area contributed by atoms with Gasteiger partial charge >= 0.3 is 6.36 Å². The number of halogens is 3. The molecule has 0 aliphatic heterocycles. The number of unbranched alkanes of at least 4 members (excludes halogenated alkanes) is 3.